The molecule has 46 heavy (non-hydrogen) atoms. The van der Waals surface area contributed by atoms with Crippen LogP contribution >= 0.6 is 0 Å². The number of ether oxygens (including phenoxy) is 4. The third kappa shape index (κ3) is 7.96. The number of aliphatic hydroxyl groups is 8. The molecule has 2 aliphatic heterocycles. The van der Waals surface area contributed by atoms with Gasteiger partial charge in [0.2, 0.25) is 0 Å². The highest BCUT2D eigenvalue weighted by Gasteiger charge is 2.59. The summed E-state index contributed by atoms with van der Waals surface area (Å²) in [7, 11) is 0. The topological polar surface area (TPSA) is 370 Å². The minimum absolute atomic E-state index is 0.000118. The molecule has 4 rings (SSSR count). The number of hydrogen-bond donors (Lipinski definition) is 15. The molecular weight excluding hydrogens is 618 g/mol. The third-order valence-corrected chi connectivity index (χ3v) is 9.21. The highest BCUT2D eigenvalue weighted by Crippen LogP contribution is 2.36. The van der Waals surface area contributed by atoms with Gasteiger partial charge in [0, 0.05) is 31.6 Å². The van der Waals surface area contributed by atoms with Gasteiger partial charge in [0.05, 0.1) is 30.8 Å². The molecule has 2 heterocycles. The Balaban J connectivity index is 1.51. The fourth-order valence-electron chi connectivity index (χ4n) is 6.04. The average Bonchev–Trinajstić information content (AvgIpc) is 3.64. The summed E-state index contributed by atoms with van der Waals surface area (Å²) in [5.74, 6) is -0.843. The number of amides is 1. The Morgan fingerprint density at radius 3 is 2.13 bits per heavy atom. The Morgan fingerprint density at radius 2 is 1.52 bits per heavy atom. The van der Waals surface area contributed by atoms with Crippen molar-refractivity contribution in [1.82, 2.24) is 10.6 Å². The van der Waals surface area contributed by atoms with Crippen molar-refractivity contribution in [3.63, 3.8) is 0 Å². The van der Waals surface area contributed by atoms with Crippen molar-refractivity contribution in [1.29, 1.82) is 0 Å². The summed E-state index contributed by atoms with van der Waals surface area (Å²) in [5, 5.41) is 89.2. The molecule has 2 saturated heterocycles. The van der Waals surface area contributed by atoms with Crippen LogP contribution in [0.3, 0.4) is 0 Å². The maximum Gasteiger partial charge on any atom is 0.253 e. The van der Waals surface area contributed by atoms with Gasteiger partial charge < -0.3 is 99.1 Å². The van der Waals surface area contributed by atoms with Gasteiger partial charge in [0.1, 0.15) is 54.9 Å². The van der Waals surface area contributed by atoms with Crippen molar-refractivity contribution in [2.45, 2.75) is 129 Å². The van der Waals surface area contributed by atoms with E-state index in [0.29, 0.717) is 6.42 Å². The van der Waals surface area contributed by atoms with Crippen molar-refractivity contribution >= 4 is 5.91 Å². The molecule has 20 nitrogen and oxygen atoms in total. The molecule has 0 spiro atoms. The first-order valence-corrected chi connectivity index (χ1v) is 15.4. The van der Waals surface area contributed by atoms with E-state index < -0.39 is 122 Å². The summed E-state index contributed by atoms with van der Waals surface area (Å²) in [4.78, 5) is 12.9. The molecular formula is C26H51N7O13. The van der Waals surface area contributed by atoms with Crippen molar-refractivity contribution in [3.05, 3.63) is 0 Å². The summed E-state index contributed by atoms with van der Waals surface area (Å²) in [5.41, 5.74) is 27.7. The van der Waals surface area contributed by atoms with E-state index in [0.717, 1.165) is 0 Å². The summed E-state index contributed by atoms with van der Waals surface area (Å²) >= 11 is 0. The van der Waals surface area contributed by atoms with Crippen molar-refractivity contribution in [2.75, 3.05) is 26.2 Å². The van der Waals surface area contributed by atoms with E-state index in [1.807, 2.05) is 0 Å². The number of carbonyl (C=O) groups is 1. The zero-order valence-electron chi connectivity index (χ0n) is 25.3. The molecule has 2 aliphatic carbocycles. The molecule has 268 valence electrons. The monoisotopic (exact) mass is 669 g/mol. The van der Waals surface area contributed by atoms with Gasteiger partial charge in [0.25, 0.3) is 5.91 Å². The number of hydrogen-bond acceptors (Lipinski definition) is 19. The van der Waals surface area contributed by atoms with Crippen LogP contribution in [0.15, 0.2) is 0 Å². The van der Waals surface area contributed by atoms with Crippen LogP contribution in [0.5, 0.6) is 0 Å². The Kier molecular flexibility index (Phi) is 12.7. The van der Waals surface area contributed by atoms with Crippen molar-refractivity contribution in [2.24, 2.45) is 28.7 Å². The van der Waals surface area contributed by atoms with E-state index in [4.69, 9.17) is 47.6 Å². The standard InChI is InChI=1S/C26H51N7O13/c27-2-1-8(35)5-32-6-11-17(37)18(38)15(31)23(43-11)45-21-9(28)3-10(33-25(41)26(42)4-13(26)29)22(20(21)40)46-24-19(39)14(30)16(36)12(7-34)44-24/h8-24,32,34-40,42H,1-7,27-31H2,(H,33,41)/t8?,9-,10+,11+,12+,13?,14-,15+,16+,17+,18+,19+,20-,21+,22-,23+,24+,26?/m0/s1. The molecule has 0 radical (unpaired) electrons. The van der Waals surface area contributed by atoms with Gasteiger partial charge in [-0.05, 0) is 19.4 Å². The van der Waals surface area contributed by atoms with Gasteiger partial charge in [0.15, 0.2) is 18.2 Å². The lowest BCUT2D eigenvalue weighted by molar-refractivity contribution is -0.320. The SMILES string of the molecule is NCCC(O)CNC[C@H]1O[C@H](O[C@H]2[C@H](O)[C@@H](O[C@H]3O[C@H](CO)[C@@H](O)[C@H](N)[C@H]3O)[C@H](NC(=O)C3(O)CC3N)C[C@@H]2N)[C@H](N)[C@@H](O)[C@@H]1O. The fourth-order valence-corrected chi connectivity index (χ4v) is 6.04. The van der Waals surface area contributed by atoms with E-state index in [9.17, 15) is 45.6 Å². The summed E-state index contributed by atoms with van der Waals surface area (Å²) < 4.78 is 23.3. The third-order valence-electron chi connectivity index (χ3n) is 9.21. The Labute approximate surface area is 265 Å². The lowest BCUT2D eigenvalue weighted by Crippen LogP contribution is -2.70. The molecule has 0 aromatic rings. The van der Waals surface area contributed by atoms with Gasteiger partial charge in [-0.3, -0.25) is 4.79 Å². The Morgan fingerprint density at radius 1 is 0.891 bits per heavy atom. The van der Waals surface area contributed by atoms with Crippen LogP contribution in [0.4, 0.5) is 0 Å². The second-order valence-electron chi connectivity index (χ2n) is 12.7. The number of aliphatic hydroxyl groups excluding tert-OH is 7. The molecule has 4 aliphatic rings. The number of nitrogens with two attached hydrogens (primary N) is 5. The molecule has 18 atom stereocenters. The van der Waals surface area contributed by atoms with Crippen molar-refractivity contribution < 1.29 is 64.6 Å². The Hall–Kier alpha value is -1.25. The minimum Gasteiger partial charge on any atom is -0.394 e. The van der Waals surface area contributed by atoms with E-state index in [2.05, 4.69) is 10.6 Å². The van der Waals surface area contributed by atoms with E-state index >= 15 is 0 Å². The predicted octanol–water partition coefficient (Wildman–Crippen LogP) is -9.36. The fraction of sp³-hybridized carbons (Fsp3) is 0.962. The number of rotatable bonds is 13. The van der Waals surface area contributed by atoms with Gasteiger partial charge in [-0.1, -0.05) is 0 Å². The quantitative estimate of drug-likeness (QED) is 0.0865. The molecule has 0 aromatic carbocycles. The number of carbonyl (C=O) groups excluding carboxylic acids is 1. The first-order chi connectivity index (χ1) is 21.6. The molecule has 0 aromatic heterocycles. The summed E-state index contributed by atoms with van der Waals surface area (Å²) in [6, 6.07) is -5.56. The predicted molar refractivity (Wildman–Crippen MR) is 155 cm³/mol. The molecule has 4 fully saturated rings. The molecule has 20 heteroatoms. The van der Waals surface area contributed by atoms with Gasteiger partial charge >= 0.3 is 0 Å². The molecule has 0 bridgehead atoms. The molecule has 20 N–H and O–H groups in total. The van der Waals surface area contributed by atoms with Gasteiger partial charge in [-0.2, -0.15) is 0 Å². The van der Waals surface area contributed by atoms with Gasteiger partial charge in [-0.15, -0.1) is 0 Å². The molecule has 1 amide bonds. The van der Waals surface area contributed by atoms with Crippen LogP contribution in [0.1, 0.15) is 19.3 Å². The average molecular weight is 670 g/mol. The normalized spacial score (nSPS) is 48.5. The van der Waals surface area contributed by atoms with Crippen LogP contribution < -0.4 is 39.3 Å². The summed E-state index contributed by atoms with van der Waals surface area (Å²) in [6.07, 6.45) is -16.4. The van der Waals surface area contributed by atoms with Crippen LogP contribution in [-0.2, 0) is 23.7 Å². The Bertz CT molecular complexity index is 1010. The second-order valence-corrected chi connectivity index (χ2v) is 12.7. The van der Waals surface area contributed by atoms with E-state index in [-0.39, 0.29) is 32.5 Å². The first kappa shape index (κ1) is 37.6. The molecule has 3 unspecified atom stereocenters. The van der Waals surface area contributed by atoms with Crippen molar-refractivity contribution in [3.8, 4) is 0 Å². The highest BCUT2D eigenvalue weighted by atomic mass is 16.7. The highest BCUT2D eigenvalue weighted by molar-refractivity contribution is 5.89. The van der Waals surface area contributed by atoms with Crippen LogP contribution in [0, 0.1) is 0 Å². The van der Waals surface area contributed by atoms with E-state index in [1.54, 1.807) is 0 Å². The van der Waals surface area contributed by atoms with Crippen LogP contribution in [-0.4, -0.2) is 182 Å². The first-order valence-electron chi connectivity index (χ1n) is 15.4. The second kappa shape index (κ2) is 15.5. The maximum absolute atomic E-state index is 12.9. The lowest BCUT2D eigenvalue weighted by atomic mass is 9.83. The minimum atomic E-state index is -1.84. The van der Waals surface area contributed by atoms with Gasteiger partial charge in [-0.25, -0.2) is 0 Å². The summed E-state index contributed by atoms with van der Waals surface area (Å²) in [6.45, 7) is -0.303. The largest absolute Gasteiger partial charge is 0.394 e. The molecule has 2 saturated carbocycles. The zero-order chi connectivity index (χ0) is 34.1. The lowest BCUT2D eigenvalue weighted by Gasteiger charge is -2.49. The van der Waals surface area contributed by atoms with Crippen LogP contribution in [0.25, 0.3) is 0 Å². The zero-order valence-corrected chi connectivity index (χ0v) is 25.3. The van der Waals surface area contributed by atoms with E-state index in [1.165, 1.54) is 0 Å². The van der Waals surface area contributed by atoms with Crippen LogP contribution in [0.2, 0.25) is 0 Å². The smallest absolute Gasteiger partial charge is 0.253 e. The maximum atomic E-state index is 12.9. The number of nitrogens with one attached hydrogen (secondary N) is 2.